The molecule has 8 heteroatoms. The summed E-state index contributed by atoms with van der Waals surface area (Å²) in [5.74, 6) is -1.09. The largest absolute Gasteiger partial charge is 0.462 e. The molecule has 1 aromatic heterocycles. The Morgan fingerprint density at radius 1 is 1.28 bits per heavy atom. The zero-order chi connectivity index (χ0) is 21.2. The maximum absolute atomic E-state index is 13.5. The summed E-state index contributed by atoms with van der Waals surface area (Å²) in [6.45, 7) is 9.32. The number of anilines is 1. The molecule has 29 heavy (non-hydrogen) atoms. The number of amides is 1. The Morgan fingerprint density at radius 2 is 2.00 bits per heavy atom. The monoisotopic (exact) mass is 420 g/mol. The number of nitrogens with zero attached hydrogens (tertiary/aromatic N) is 1. The molecular weight excluding hydrogens is 392 g/mol. The zero-order valence-electron chi connectivity index (χ0n) is 17.6. The molecule has 1 aliphatic carbocycles. The maximum Gasteiger partial charge on any atom is 0.341 e. The number of thiophene rings is 1. The van der Waals surface area contributed by atoms with E-state index in [1.165, 1.54) is 11.3 Å². The summed E-state index contributed by atoms with van der Waals surface area (Å²) in [4.78, 5) is 41.9. The Labute approximate surface area is 174 Å². The third kappa shape index (κ3) is 2.61. The molecule has 0 aromatic carbocycles. The summed E-state index contributed by atoms with van der Waals surface area (Å²) in [6.07, 6.45) is 1.83. The number of fused-ring (bicyclic) bond motifs is 3. The van der Waals surface area contributed by atoms with E-state index >= 15 is 0 Å². The Morgan fingerprint density at radius 3 is 2.59 bits per heavy atom. The smallest absolute Gasteiger partial charge is 0.341 e. The molecule has 2 bridgehead atoms. The third-order valence-corrected chi connectivity index (χ3v) is 8.54. The molecular formula is C21H28N2O5S. The number of carbonyl (C=O) groups excluding carboxylic acids is 3. The minimum Gasteiger partial charge on any atom is -0.462 e. The van der Waals surface area contributed by atoms with Crippen molar-refractivity contribution in [2.75, 3.05) is 25.5 Å². The second-order valence-corrected chi connectivity index (χ2v) is 10.1. The zero-order valence-corrected chi connectivity index (χ0v) is 18.5. The van der Waals surface area contributed by atoms with E-state index in [4.69, 9.17) is 9.47 Å². The van der Waals surface area contributed by atoms with Gasteiger partial charge in [0.15, 0.2) is 5.60 Å². The molecule has 0 radical (unpaired) electrons. The first kappa shape index (κ1) is 20.3. The topological polar surface area (TPSA) is 84.9 Å². The maximum atomic E-state index is 13.5. The number of hydrogen-bond donors (Lipinski definition) is 1. The van der Waals surface area contributed by atoms with Crippen LogP contribution in [0.25, 0.3) is 0 Å². The van der Waals surface area contributed by atoms with Crippen LogP contribution in [0.5, 0.6) is 0 Å². The van der Waals surface area contributed by atoms with Gasteiger partial charge < -0.3 is 19.7 Å². The molecule has 1 saturated heterocycles. The lowest BCUT2D eigenvalue weighted by Crippen LogP contribution is -2.50. The highest BCUT2D eigenvalue weighted by Gasteiger charge is 2.75. The molecule has 7 nitrogen and oxygen atoms in total. The number of esters is 2. The number of nitrogens with one attached hydrogen (secondary N) is 1. The van der Waals surface area contributed by atoms with Crippen molar-refractivity contribution in [2.45, 2.75) is 59.1 Å². The van der Waals surface area contributed by atoms with Crippen LogP contribution in [-0.4, -0.2) is 48.5 Å². The molecule has 0 unspecified atom stereocenters. The molecule has 2 atom stereocenters. The predicted octanol–water partition coefficient (Wildman–Crippen LogP) is 2.97. The number of hydrogen-bond acceptors (Lipinski definition) is 7. The van der Waals surface area contributed by atoms with Crippen molar-refractivity contribution in [3.05, 3.63) is 16.0 Å². The highest BCUT2D eigenvalue weighted by Crippen LogP contribution is 2.65. The van der Waals surface area contributed by atoms with E-state index in [0.29, 0.717) is 23.4 Å². The van der Waals surface area contributed by atoms with E-state index in [0.717, 1.165) is 30.0 Å². The first-order valence-electron chi connectivity index (χ1n) is 10.1. The molecule has 158 valence electrons. The summed E-state index contributed by atoms with van der Waals surface area (Å²) in [7, 11) is 2.03. The minimum atomic E-state index is -1.22. The summed E-state index contributed by atoms with van der Waals surface area (Å²) < 4.78 is 11.0. The highest BCUT2D eigenvalue weighted by atomic mass is 32.1. The molecule has 1 amide bonds. The van der Waals surface area contributed by atoms with E-state index in [-0.39, 0.29) is 18.5 Å². The Balaban J connectivity index is 1.71. The van der Waals surface area contributed by atoms with Crippen LogP contribution in [0.4, 0.5) is 5.00 Å². The Kier molecular flexibility index (Phi) is 4.59. The van der Waals surface area contributed by atoms with Gasteiger partial charge in [0.25, 0.3) is 5.91 Å². The van der Waals surface area contributed by atoms with Gasteiger partial charge in [0, 0.05) is 23.4 Å². The first-order valence-corrected chi connectivity index (χ1v) is 10.9. The van der Waals surface area contributed by atoms with Crippen molar-refractivity contribution in [3.8, 4) is 0 Å². The van der Waals surface area contributed by atoms with Crippen LogP contribution < -0.4 is 5.32 Å². The average Bonchev–Trinajstić information content (AvgIpc) is 3.14. The van der Waals surface area contributed by atoms with Crippen molar-refractivity contribution in [1.82, 2.24) is 4.90 Å². The van der Waals surface area contributed by atoms with Gasteiger partial charge in [-0.05, 0) is 45.7 Å². The lowest BCUT2D eigenvalue weighted by Gasteiger charge is -2.35. The highest BCUT2D eigenvalue weighted by molar-refractivity contribution is 7.17. The number of ether oxygens (including phenoxy) is 2. The summed E-state index contributed by atoms with van der Waals surface area (Å²) >= 11 is 1.41. The lowest BCUT2D eigenvalue weighted by molar-refractivity contribution is -0.165. The molecule has 2 fully saturated rings. The van der Waals surface area contributed by atoms with Gasteiger partial charge in [-0.2, -0.15) is 0 Å². The number of rotatable bonds is 4. The van der Waals surface area contributed by atoms with Crippen LogP contribution in [0.3, 0.4) is 0 Å². The van der Waals surface area contributed by atoms with Crippen LogP contribution in [-0.2, 0) is 32.0 Å². The summed E-state index contributed by atoms with van der Waals surface area (Å²) in [6, 6.07) is 0. The van der Waals surface area contributed by atoms with E-state index in [1.54, 1.807) is 6.92 Å². The fraction of sp³-hybridized carbons (Fsp3) is 0.667. The summed E-state index contributed by atoms with van der Waals surface area (Å²) in [5.41, 5.74) is -1.12. The van der Waals surface area contributed by atoms with Crippen molar-refractivity contribution in [3.63, 3.8) is 0 Å². The van der Waals surface area contributed by atoms with E-state index in [9.17, 15) is 14.4 Å². The fourth-order valence-corrected chi connectivity index (χ4v) is 6.30. The summed E-state index contributed by atoms with van der Waals surface area (Å²) in [5, 5.41) is 3.45. The second-order valence-electron chi connectivity index (χ2n) is 9.04. The molecule has 1 N–H and O–H groups in total. The normalized spacial score (nSPS) is 30.0. The van der Waals surface area contributed by atoms with Gasteiger partial charge in [0.2, 0.25) is 0 Å². The molecule has 1 saturated carbocycles. The van der Waals surface area contributed by atoms with Gasteiger partial charge in [-0.25, -0.2) is 4.79 Å². The van der Waals surface area contributed by atoms with Gasteiger partial charge in [-0.15, -0.1) is 11.3 Å². The third-order valence-electron chi connectivity index (χ3n) is 7.40. The van der Waals surface area contributed by atoms with Gasteiger partial charge in [0.05, 0.1) is 17.6 Å². The number of likely N-dealkylation sites (N-methyl/N-ethyl adjacent to an activating group) is 1. The second kappa shape index (κ2) is 6.54. The van der Waals surface area contributed by atoms with Crippen molar-refractivity contribution in [2.24, 2.45) is 10.8 Å². The minimum absolute atomic E-state index is 0.268. The van der Waals surface area contributed by atoms with E-state index in [2.05, 4.69) is 10.2 Å². The predicted molar refractivity (Wildman–Crippen MR) is 109 cm³/mol. The van der Waals surface area contributed by atoms with E-state index in [1.807, 2.05) is 27.8 Å². The molecule has 0 spiro atoms. The van der Waals surface area contributed by atoms with Gasteiger partial charge >= 0.3 is 11.9 Å². The lowest BCUT2D eigenvalue weighted by atomic mass is 9.66. The Bertz CT molecular complexity index is 907. The molecule has 2 aliphatic heterocycles. The fourth-order valence-electron chi connectivity index (χ4n) is 4.99. The molecule has 3 heterocycles. The van der Waals surface area contributed by atoms with Gasteiger partial charge in [-0.1, -0.05) is 13.8 Å². The van der Waals surface area contributed by atoms with Crippen LogP contribution >= 0.6 is 11.3 Å². The molecule has 1 aromatic rings. The van der Waals surface area contributed by atoms with Crippen LogP contribution in [0.15, 0.2) is 0 Å². The average molecular weight is 421 g/mol. The first-order chi connectivity index (χ1) is 13.6. The Hall–Kier alpha value is -1.93. The number of carbonyl (C=O) groups is 3. The SMILES string of the molecule is CCOC(=O)c1c(NC(=O)[C@@]23CC[C@](C)(C(=O)O2)C3(C)C)sc2c1CCN(C)C2. The van der Waals surface area contributed by atoms with Crippen LogP contribution in [0, 0.1) is 10.8 Å². The quantitative estimate of drug-likeness (QED) is 0.754. The molecule has 4 rings (SSSR count). The standard InChI is InChI=1S/C21H28N2O5S/c1-6-27-16(24)14-12-7-10-23(5)11-13(12)29-15(14)22-17(25)21-9-8-20(4,18(26)28-21)19(21,2)3/h6-11H2,1-5H3,(H,22,25)/t20-,21-/m1/s1. The van der Waals surface area contributed by atoms with Gasteiger partial charge in [0.1, 0.15) is 5.00 Å². The van der Waals surface area contributed by atoms with Gasteiger partial charge in [-0.3, -0.25) is 9.59 Å². The van der Waals surface area contributed by atoms with Crippen molar-refractivity contribution in [1.29, 1.82) is 0 Å². The van der Waals surface area contributed by atoms with Crippen LogP contribution in [0.2, 0.25) is 0 Å². The van der Waals surface area contributed by atoms with Crippen molar-refractivity contribution < 1.29 is 23.9 Å². The van der Waals surface area contributed by atoms with Crippen LogP contribution in [0.1, 0.15) is 61.3 Å². The van der Waals surface area contributed by atoms with Crippen molar-refractivity contribution >= 4 is 34.2 Å². The van der Waals surface area contributed by atoms with E-state index < -0.39 is 22.4 Å². The molecule has 3 aliphatic rings.